The fraction of sp³-hybridized carbons (Fsp3) is 0.0909. The van der Waals surface area contributed by atoms with E-state index in [0.717, 1.165) is 12.1 Å². The maximum absolute atomic E-state index is 14.4. The zero-order valence-corrected chi connectivity index (χ0v) is 19.1. The summed E-state index contributed by atoms with van der Waals surface area (Å²) in [4.78, 5) is 24.1. The van der Waals surface area contributed by atoms with Gasteiger partial charge in [0.15, 0.2) is 0 Å². The lowest BCUT2D eigenvalue weighted by Gasteiger charge is -2.16. The highest BCUT2D eigenvalue weighted by molar-refractivity contribution is 14.1. The molecule has 0 aliphatic heterocycles. The van der Waals surface area contributed by atoms with Gasteiger partial charge in [0, 0.05) is 21.4 Å². The minimum absolute atomic E-state index is 0.0133. The van der Waals surface area contributed by atoms with Crippen molar-refractivity contribution in [2.75, 3.05) is 17.2 Å². The Kier molecular flexibility index (Phi) is 7.79. The van der Waals surface area contributed by atoms with Crippen LogP contribution in [0, 0.1) is 15.2 Å². The molecule has 2 amide bonds. The van der Waals surface area contributed by atoms with Crippen molar-refractivity contribution >= 4 is 51.5 Å². The third-order valence-electron chi connectivity index (χ3n) is 4.38. The summed E-state index contributed by atoms with van der Waals surface area (Å²) in [6.07, 6.45) is 0. The van der Waals surface area contributed by atoms with Crippen molar-refractivity contribution in [3.63, 3.8) is 0 Å². The number of carbonyl (C=O) groups excluding carboxylic acids is 2. The number of benzene rings is 3. The molecule has 0 aliphatic carbocycles. The molecule has 3 rings (SSSR count). The Balaban J connectivity index is 1.94. The quantitative estimate of drug-likeness (QED) is 0.264. The van der Waals surface area contributed by atoms with Gasteiger partial charge < -0.3 is 31.9 Å². The van der Waals surface area contributed by atoms with Crippen LogP contribution in [-0.2, 0) is 4.79 Å². The molecular weight excluding hydrogens is 549 g/mol. The van der Waals surface area contributed by atoms with Crippen LogP contribution in [0.3, 0.4) is 0 Å². The van der Waals surface area contributed by atoms with Gasteiger partial charge in [-0.2, -0.15) is 0 Å². The Morgan fingerprint density at radius 3 is 2.52 bits per heavy atom. The minimum Gasteiger partial charge on any atom is -0.456 e. The van der Waals surface area contributed by atoms with Gasteiger partial charge in [-0.3, -0.25) is 9.59 Å². The molecule has 1 atom stereocenters. The first-order valence-electron chi connectivity index (χ1n) is 9.48. The van der Waals surface area contributed by atoms with E-state index in [4.69, 9.17) is 21.3 Å². The van der Waals surface area contributed by atoms with Crippen LogP contribution in [-0.4, -0.2) is 29.6 Å². The van der Waals surface area contributed by atoms with Gasteiger partial charge in [-0.25, -0.2) is 8.78 Å². The minimum atomic E-state index is -1.12. The molecule has 0 radical (unpaired) electrons. The number of aliphatic hydroxyl groups is 1. The number of anilines is 3. The number of rotatable bonds is 8. The highest BCUT2D eigenvalue weighted by atomic mass is 127. The number of nitrogens with two attached hydrogens (primary N) is 2. The Labute approximate surface area is 201 Å². The first kappa shape index (κ1) is 24.4. The van der Waals surface area contributed by atoms with Crippen molar-refractivity contribution in [3.8, 4) is 11.5 Å². The molecule has 8 nitrogen and oxygen atoms in total. The van der Waals surface area contributed by atoms with E-state index in [-0.39, 0.29) is 34.1 Å². The molecule has 11 heteroatoms. The topological polar surface area (TPSA) is 140 Å². The number of hydrogen-bond acceptors (Lipinski definition) is 6. The second-order valence-corrected chi connectivity index (χ2v) is 8.09. The number of primary amides is 1. The number of nitrogens with one attached hydrogen (secondary N) is 2. The molecule has 0 spiro atoms. The summed E-state index contributed by atoms with van der Waals surface area (Å²) in [6.45, 7) is -0.537. The molecule has 0 bridgehead atoms. The lowest BCUT2D eigenvalue weighted by Crippen LogP contribution is -2.38. The molecule has 0 heterocycles. The van der Waals surface area contributed by atoms with Gasteiger partial charge in [0.25, 0.3) is 5.91 Å². The first-order chi connectivity index (χ1) is 15.7. The molecule has 0 fully saturated rings. The van der Waals surface area contributed by atoms with Gasteiger partial charge >= 0.3 is 0 Å². The summed E-state index contributed by atoms with van der Waals surface area (Å²) in [5, 5.41) is 14.2. The number of amides is 2. The van der Waals surface area contributed by atoms with Crippen LogP contribution < -0.4 is 26.8 Å². The fourth-order valence-electron chi connectivity index (χ4n) is 2.83. The van der Waals surface area contributed by atoms with Gasteiger partial charge in [-0.05, 0) is 59.0 Å². The Morgan fingerprint density at radius 1 is 1.09 bits per heavy atom. The number of aliphatic hydroxyl groups excluding tert-OH is 1. The third kappa shape index (κ3) is 6.15. The maximum Gasteiger partial charge on any atom is 0.254 e. The number of ether oxygens (including phenoxy) is 1. The van der Waals surface area contributed by atoms with E-state index in [1.165, 1.54) is 24.3 Å². The fourth-order valence-corrected chi connectivity index (χ4v) is 3.29. The van der Waals surface area contributed by atoms with E-state index in [2.05, 4.69) is 10.6 Å². The van der Waals surface area contributed by atoms with Crippen LogP contribution >= 0.6 is 22.6 Å². The molecule has 0 aromatic heterocycles. The van der Waals surface area contributed by atoms with Crippen LogP contribution in [0.5, 0.6) is 11.5 Å². The van der Waals surface area contributed by atoms with E-state index < -0.39 is 36.1 Å². The highest BCUT2D eigenvalue weighted by Gasteiger charge is 2.20. The standard InChI is InChI=1S/C22H19F2IN4O4/c23-11-6-18(29-17-5-4-12(25)8-15(17)24)20(21(27)31)19(7-11)33-14-3-1-2-13(9-14)28-22(32)16(26)10-30/h1-9,16,29-30H,10,26H2,(H2,27,31)(H,28,32)/t16-/m1/s1. The van der Waals surface area contributed by atoms with Crippen molar-refractivity contribution < 1.29 is 28.2 Å². The molecular formula is C22H19F2IN4O4. The lowest BCUT2D eigenvalue weighted by molar-refractivity contribution is -0.118. The monoisotopic (exact) mass is 568 g/mol. The summed E-state index contributed by atoms with van der Waals surface area (Å²) in [5.74, 6) is -2.99. The van der Waals surface area contributed by atoms with E-state index >= 15 is 0 Å². The van der Waals surface area contributed by atoms with Gasteiger partial charge in [-0.15, -0.1) is 0 Å². The third-order valence-corrected chi connectivity index (χ3v) is 5.05. The second kappa shape index (κ2) is 10.6. The zero-order chi connectivity index (χ0) is 24.1. The molecule has 0 aliphatic rings. The highest BCUT2D eigenvalue weighted by Crippen LogP contribution is 2.34. The first-order valence-corrected chi connectivity index (χ1v) is 10.6. The van der Waals surface area contributed by atoms with Gasteiger partial charge in [0.1, 0.15) is 34.7 Å². The van der Waals surface area contributed by atoms with Crippen molar-refractivity contribution in [1.29, 1.82) is 0 Å². The Hall–Kier alpha value is -3.29. The maximum atomic E-state index is 14.4. The number of carbonyl (C=O) groups is 2. The normalized spacial score (nSPS) is 11.5. The Bertz CT molecular complexity index is 1210. The van der Waals surface area contributed by atoms with Crippen LogP contribution in [0.15, 0.2) is 54.6 Å². The van der Waals surface area contributed by atoms with E-state index in [9.17, 15) is 18.4 Å². The summed E-state index contributed by atoms with van der Waals surface area (Å²) in [5.41, 5.74) is 11.0. The molecule has 3 aromatic rings. The van der Waals surface area contributed by atoms with Crippen molar-refractivity contribution in [3.05, 3.63) is 75.4 Å². The largest absolute Gasteiger partial charge is 0.456 e. The van der Waals surface area contributed by atoms with Crippen LogP contribution in [0.4, 0.5) is 25.8 Å². The van der Waals surface area contributed by atoms with E-state index in [1.807, 2.05) is 22.6 Å². The van der Waals surface area contributed by atoms with Crippen LogP contribution in [0.25, 0.3) is 0 Å². The summed E-state index contributed by atoms with van der Waals surface area (Å²) >= 11 is 1.94. The predicted molar refractivity (Wildman–Crippen MR) is 128 cm³/mol. The van der Waals surface area contributed by atoms with Gasteiger partial charge in [0.2, 0.25) is 5.91 Å². The lowest BCUT2D eigenvalue weighted by atomic mass is 10.1. The van der Waals surface area contributed by atoms with Crippen LogP contribution in [0.1, 0.15) is 10.4 Å². The molecule has 0 unspecified atom stereocenters. The van der Waals surface area contributed by atoms with Crippen molar-refractivity contribution in [2.24, 2.45) is 11.5 Å². The van der Waals surface area contributed by atoms with E-state index in [1.54, 1.807) is 18.2 Å². The molecule has 172 valence electrons. The summed E-state index contributed by atoms with van der Waals surface area (Å²) < 4.78 is 35.0. The molecule has 3 aromatic carbocycles. The molecule has 33 heavy (non-hydrogen) atoms. The average molecular weight is 568 g/mol. The summed E-state index contributed by atoms with van der Waals surface area (Å²) in [7, 11) is 0. The smallest absolute Gasteiger partial charge is 0.254 e. The number of hydrogen-bond donors (Lipinski definition) is 5. The van der Waals surface area contributed by atoms with Crippen LogP contribution in [0.2, 0.25) is 0 Å². The molecule has 7 N–H and O–H groups in total. The predicted octanol–water partition coefficient (Wildman–Crippen LogP) is 3.46. The molecule has 0 saturated heterocycles. The van der Waals surface area contributed by atoms with E-state index in [0.29, 0.717) is 3.57 Å². The number of halogens is 3. The zero-order valence-electron chi connectivity index (χ0n) is 16.9. The van der Waals surface area contributed by atoms with Crippen molar-refractivity contribution in [2.45, 2.75) is 6.04 Å². The van der Waals surface area contributed by atoms with Crippen molar-refractivity contribution in [1.82, 2.24) is 0 Å². The van der Waals surface area contributed by atoms with Gasteiger partial charge in [-0.1, -0.05) is 6.07 Å². The summed E-state index contributed by atoms with van der Waals surface area (Å²) in [6, 6.07) is 11.2. The SMILES string of the molecule is NC(=O)c1c(Nc2ccc(I)cc2F)cc(F)cc1Oc1cccc(NC(=O)[C@H](N)CO)c1. The second-order valence-electron chi connectivity index (χ2n) is 6.85. The molecule has 0 saturated carbocycles. The van der Waals surface area contributed by atoms with Gasteiger partial charge in [0.05, 0.1) is 18.0 Å². The Morgan fingerprint density at radius 2 is 1.85 bits per heavy atom. The average Bonchev–Trinajstić information content (AvgIpc) is 2.74.